The number of carboxylic acids is 2. The molecule has 4 rings (SSSR count). The second kappa shape index (κ2) is 10.6. The van der Waals surface area contributed by atoms with E-state index in [4.69, 9.17) is 28.3 Å². The molecule has 0 fully saturated rings. The molecule has 3 aromatic rings. The number of hydrogen-bond acceptors (Lipinski definition) is 6. The first kappa shape index (κ1) is 27.0. The van der Waals surface area contributed by atoms with Gasteiger partial charge in [0.15, 0.2) is 5.84 Å². The number of amides is 1. The van der Waals surface area contributed by atoms with E-state index in [-0.39, 0.29) is 39.5 Å². The van der Waals surface area contributed by atoms with E-state index in [0.717, 1.165) is 5.56 Å². The molecular formula is C25H24Cl2N4O5. The molecule has 188 valence electrons. The van der Waals surface area contributed by atoms with E-state index >= 15 is 0 Å². The number of aliphatic imine (C=N–C) groups is 1. The van der Waals surface area contributed by atoms with E-state index in [9.17, 15) is 19.5 Å². The number of amidine groups is 1. The predicted molar refractivity (Wildman–Crippen MR) is 137 cm³/mol. The standard InChI is InChI=1S/C15H19N3O3.C10H5Cl2NO2/c1-5-9-6-10(13(19)20)11(16-7-9)12-17-14(21)15(4,18-12)8(2)3;11-6-3-5-1-2-7(12)8(10(14)15)9(5)13-4-6/h6-8H,5H2,1-4H3,(H,19,20)(H,17,18,21);1-4H,(H,14,15). The summed E-state index contributed by atoms with van der Waals surface area (Å²) in [5.41, 5.74) is 0.549. The molecule has 3 N–H and O–H groups in total. The fourth-order valence-corrected chi connectivity index (χ4v) is 3.85. The summed E-state index contributed by atoms with van der Waals surface area (Å²) in [7, 11) is 0. The van der Waals surface area contributed by atoms with Gasteiger partial charge in [-0.05, 0) is 43.0 Å². The lowest BCUT2D eigenvalue weighted by atomic mass is 9.89. The molecule has 1 unspecified atom stereocenters. The topological polar surface area (TPSA) is 142 Å². The van der Waals surface area contributed by atoms with E-state index in [1.165, 1.54) is 12.3 Å². The number of fused-ring (bicyclic) bond motifs is 1. The number of halogens is 2. The Balaban J connectivity index is 0.000000212. The Kier molecular flexibility index (Phi) is 7.96. The van der Waals surface area contributed by atoms with Gasteiger partial charge in [-0.3, -0.25) is 14.8 Å². The smallest absolute Gasteiger partial charge is 0.339 e. The third-order valence-corrected chi connectivity index (χ3v) is 6.47. The summed E-state index contributed by atoms with van der Waals surface area (Å²) in [5.74, 6) is -2.18. The monoisotopic (exact) mass is 530 g/mol. The highest BCUT2D eigenvalue weighted by molar-refractivity contribution is 6.35. The van der Waals surface area contributed by atoms with Crippen molar-refractivity contribution in [3.63, 3.8) is 0 Å². The quantitative estimate of drug-likeness (QED) is 0.426. The molecule has 0 aliphatic carbocycles. The minimum absolute atomic E-state index is 0.00167. The zero-order valence-electron chi connectivity index (χ0n) is 20.0. The van der Waals surface area contributed by atoms with Crippen LogP contribution >= 0.6 is 23.2 Å². The number of carboxylic acid groups (broad SMARTS) is 2. The number of nitrogens with zero attached hydrogens (tertiary/aromatic N) is 3. The van der Waals surface area contributed by atoms with Crippen LogP contribution in [-0.2, 0) is 11.2 Å². The molecule has 0 saturated carbocycles. The molecule has 0 radical (unpaired) electrons. The highest BCUT2D eigenvalue weighted by Crippen LogP contribution is 2.28. The van der Waals surface area contributed by atoms with Gasteiger partial charge in [0.05, 0.1) is 21.1 Å². The Labute approximate surface area is 217 Å². The molecule has 3 heterocycles. The number of rotatable bonds is 5. The molecule has 0 bridgehead atoms. The van der Waals surface area contributed by atoms with Gasteiger partial charge < -0.3 is 15.5 Å². The van der Waals surface area contributed by atoms with E-state index in [1.54, 1.807) is 31.3 Å². The first-order valence-electron chi connectivity index (χ1n) is 11.0. The van der Waals surface area contributed by atoms with Gasteiger partial charge in [-0.1, -0.05) is 50.0 Å². The van der Waals surface area contributed by atoms with Crippen LogP contribution in [0.15, 0.2) is 41.7 Å². The van der Waals surface area contributed by atoms with Crippen LogP contribution in [0.4, 0.5) is 0 Å². The summed E-state index contributed by atoms with van der Waals surface area (Å²) in [6.45, 7) is 7.46. The molecule has 1 amide bonds. The molecule has 9 nitrogen and oxygen atoms in total. The number of aromatic carboxylic acids is 2. The van der Waals surface area contributed by atoms with Crippen molar-refractivity contribution in [1.29, 1.82) is 0 Å². The molecule has 0 spiro atoms. The van der Waals surface area contributed by atoms with Crippen LogP contribution in [0.5, 0.6) is 0 Å². The van der Waals surface area contributed by atoms with Crippen LogP contribution < -0.4 is 5.32 Å². The van der Waals surface area contributed by atoms with Crippen molar-refractivity contribution in [3.05, 3.63) is 69.1 Å². The van der Waals surface area contributed by atoms with Crippen LogP contribution in [0.25, 0.3) is 10.9 Å². The summed E-state index contributed by atoms with van der Waals surface area (Å²) in [5, 5.41) is 22.3. The molecule has 11 heteroatoms. The lowest BCUT2D eigenvalue weighted by Gasteiger charge is -2.21. The highest BCUT2D eigenvalue weighted by atomic mass is 35.5. The number of aromatic nitrogens is 2. The maximum absolute atomic E-state index is 12.1. The molecule has 1 aromatic carbocycles. The number of benzene rings is 1. The normalized spacial score (nSPS) is 16.9. The number of carbonyl (C=O) groups is 3. The molecule has 1 aliphatic rings. The summed E-state index contributed by atoms with van der Waals surface area (Å²) >= 11 is 11.5. The maximum atomic E-state index is 12.1. The lowest BCUT2D eigenvalue weighted by Crippen LogP contribution is -2.41. The maximum Gasteiger partial charge on any atom is 0.339 e. The van der Waals surface area contributed by atoms with E-state index in [0.29, 0.717) is 22.3 Å². The van der Waals surface area contributed by atoms with Gasteiger partial charge in [0.1, 0.15) is 16.8 Å². The minimum atomic E-state index is -1.10. The van der Waals surface area contributed by atoms with Gasteiger partial charge in [0.25, 0.3) is 5.91 Å². The number of carbonyl (C=O) groups excluding carboxylic acids is 1. The third-order valence-electron chi connectivity index (χ3n) is 5.95. The van der Waals surface area contributed by atoms with E-state index in [1.807, 2.05) is 20.8 Å². The minimum Gasteiger partial charge on any atom is -0.478 e. The zero-order chi connectivity index (χ0) is 26.8. The third kappa shape index (κ3) is 5.32. The van der Waals surface area contributed by atoms with Gasteiger partial charge in [0, 0.05) is 17.8 Å². The van der Waals surface area contributed by atoms with Crippen molar-refractivity contribution >= 4 is 57.8 Å². The first-order chi connectivity index (χ1) is 16.9. The Hall–Kier alpha value is -3.56. The van der Waals surface area contributed by atoms with Crippen LogP contribution in [0.1, 0.15) is 59.7 Å². The Morgan fingerprint density at radius 3 is 2.33 bits per heavy atom. The number of pyridine rings is 2. The van der Waals surface area contributed by atoms with Crippen LogP contribution in [0, 0.1) is 5.92 Å². The number of nitrogens with one attached hydrogen (secondary N) is 1. The van der Waals surface area contributed by atoms with Crippen molar-refractivity contribution in [3.8, 4) is 0 Å². The number of aryl methyl sites for hydroxylation is 1. The Morgan fingerprint density at radius 2 is 1.78 bits per heavy atom. The summed E-state index contributed by atoms with van der Waals surface area (Å²) in [6, 6.07) is 6.42. The van der Waals surface area contributed by atoms with Crippen LogP contribution in [0.2, 0.25) is 10.0 Å². The highest BCUT2D eigenvalue weighted by Gasteiger charge is 2.43. The average Bonchev–Trinajstić information content (AvgIpc) is 3.14. The first-order valence-corrected chi connectivity index (χ1v) is 11.8. The van der Waals surface area contributed by atoms with Gasteiger partial charge in [-0.25, -0.2) is 14.6 Å². The van der Waals surface area contributed by atoms with E-state index in [2.05, 4.69) is 20.3 Å². The molecule has 1 aliphatic heterocycles. The molecule has 2 aromatic heterocycles. The Bertz CT molecular complexity index is 1410. The summed E-state index contributed by atoms with van der Waals surface area (Å²) in [6.07, 6.45) is 3.70. The van der Waals surface area contributed by atoms with Crippen molar-refractivity contribution in [2.45, 2.75) is 39.7 Å². The molecule has 1 atom stereocenters. The van der Waals surface area contributed by atoms with Gasteiger partial charge in [0.2, 0.25) is 0 Å². The van der Waals surface area contributed by atoms with Crippen molar-refractivity contribution in [2.24, 2.45) is 10.9 Å². The average molecular weight is 531 g/mol. The van der Waals surface area contributed by atoms with Gasteiger partial charge in [-0.15, -0.1) is 0 Å². The van der Waals surface area contributed by atoms with Crippen LogP contribution in [0.3, 0.4) is 0 Å². The molecular weight excluding hydrogens is 507 g/mol. The zero-order valence-corrected chi connectivity index (χ0v) is 21.5. The largest absolute Gasteiger partial charge is 0.478 e. The SMILES string of the molecule is CCc1cnc(C2=NC(C)(C(C)C)C(=O)N2)c(C(=O)O)c1.O=C(O)c1c(Cl)ccc2cc(Cl)cnc12. The van der Waals surface area contributed by atoms with E-state index < -0.39 is 17.5 Å². The second-order valence-electron chi connectivity index (χ2n) is 8.57. The Morgan fingerprint density at radius 1 is 1.08 bits per heavy atom. The van der Waals surface area contributed by atoms with Crippen molar-refractivity contribution in [1.82, 2.24) is 15.3 Å². The summed E-state index contributed by atoms with van der Waals surface area (Å²) in [4.78, 5) is 47.1. The second-order valence-corrected chi connectivity index (χ2v) is 9.41. The fourth-order valence-electron chi connectivity index (χ4n) is 3.46. The van der Waals surface area contributed by atoms with Crippen molar-refractivity contribution in [2.75, 3.05) is 0 Å². The molecule has 36 heavy (non-hydrogen) atoms. The predicted octanol–water partition coefficient (Wildman–Crippen LogP) is 4.87. The number of hydrogen-bond donors (Lipinski definition) is 3. The fraction of sp³-hybridized carbons (Fsp3) is 0.280. The van der Waals surface area contributed by atoms with Crippen molar-refractivity contribution < 1.29 is 24.6 Å². The lowest BCUT2D eigenvalue weighted by molar-refractivity contribution is -0.124. The molecule has 0 saturated heterocycles. The van der Waals surface area contributed by atoms with Gasteiger partial charge >= 0.3 is 11.9 Å². The van der Waals surface area contributed by atoms with Crippen LogP contribution in [-0.4, -0.2) is 49.4 Å². The summed E-state index contributed by atoms with van der Waals surface area (Å²) < 4.78 is 0. The van der Waals surface area contributed by atoms with Gasteiger partial charge in [-0.2, -0.15) is 0 Å².